The summed E-state index contributed by atoms with van der Waals surface area (Å²) in [7, 11) is 0. The number of aromatic hydroxyl groups is 1. The van der Waals surface area contributed by atoms with Crippen LogP contribution in [0.2, 0.25) is 0 Å². The van der Waals surface area contributed by atoms with E-state index in [9.17, 15) is 23.1 Å². The number of nitrogens with one attached hydrogen (secondary N) is 1. The van der Waals surface area contributed by atoms with Crippen LogP contribution in [0.1, 0.15) is 48.4 Å². The minimum Gasteiger partial charge on any atom is -0.508 e. The second-order valence-corrected chi connectivity index (χ2v) is 7.15. The quantitative estimate of drug-likeness (QED) is 0.767. The number of hydrogen-bond acceptors (Lipinski definition) is 2. The van der Waals surface area contributed by atoms with Gasteiger partial charge in [0.05, 0.1) is 11.6 Å². The molecule has 2 amide bonds. The molecule has 0 bridgehead atoms. The van der Waals surface area contributed by atoms with E-state index in [2.05, 4.69) is 5.32 Å². The highest BCUT2D eigenvalue weighted by molar-refractivity contribution is 5.74. The molecule has 0 unspecified atom stereocenters. The number of carbonyl (C=O) groups is 1. The smallest absolute Gasteiger partial charge is 0.416 e. The second-order valence-electron chi connectivity index (χ2n) is 7.15. The SMILES string of the molecule is C[C@H](NC(=O)N1CCC(c2ccc(O)cc2)CC1)c1cccc(C(F)(F)F)c1. The topological polar surface area (TPSA) is 52.6 Å². The van der Waals surface area contributed by atoms with E-state index in [1.807, 2.05) is 12.1 Å². The van der Waals surface area contributed by atoms with Crippen LogP contribution in [0.5, 0.6) is 5.75 Å². The summed E-state index contributed by atoms with van der Waals surface area (Å²) in [5.74, 6) is 0.551. The largest absolute Gasteiger partial charge is 0.508 e. The molecular formula is C21H23F3N2O2. The molecule has 1 fully saturated rings. The Labute approximate surface area is 162 Å². The molecule has 0 saturated carbocycles. The van der Waals surface area contributed by atoms with E-state index in [-0.39, 0.29) is 11.8 Å². The number of hydrogen-bond donors (Lipinski definition) is 2. The fourth-order valence-corrected chi connectivity index (χ4v) is 3.51. The van der Waals surface area contributed by atoms with Crippen LogP contribution >= 0.6 is 0 Å². The maximum absolute atomic E-state index is 12.9. The molecule has 1 atom stereocenters. The zero-order valence-corrected chi connectivity index (χ0v) is 15.5. The van der Waals surface area contributed by atoms with Crippen molar-refractivity contribution < 1.29 is 23.1 Å². The molecule has 7 heteroatoms. The van der Waals surface area contributed by atoms with Gasteiger partial charge in [-0.05, 0) is 61.1 Å². The molecule has 1 aliphatic rings. The van der Waals surface area contributed by atoms with Gasteiger partial charge in [-0.3, -0.25) is 0 Å². The lowest BCUT2D eigenvalue weighted by Gasteiger charge is -2.33. The van der Waals surface area contributed by atoms with Gasteiger partial charge in [0.2, 0.25) is 0 Å². The van der Waals surface area contributed by atoms with E-state index in [0.717, 1.165) is 30.5 Å². The fraction of sp³-hybridized carbons (Fsp3) is 0.381. The molecule has 0 aromatic heterocycles. The van der Waals surface area contributed by atoms with Gasteiger partial charge in [-0.25, -0.2) is 4.79 Å². The first-order valence-electron chi connectivity index (χ1n) is 9.25. The highest BCUT2D eigenvalue weighted by Gasteiger charge is 2.31. The van der Waals surface area contributed by atoms with Gasteiger partial charge < -0.3 is 15.3 Å². The maximum Gasteiger partial charge on any atom is 0.416 e. The zero-order valence-electron chi connectivity index (χ0n) is 15.5. The van der Waals surface area contributed by atoms with Crippen LogP contribution in [0.4, 0.5) is 18.0 Å². The van der Waals surface area contributed by atoms with Crippen LogP contribution in [0.25, 0.3) is 0 Å². The van der Waals surface area contributed by atoms with E-state index < -0.39 is 17.8 Å². The van der Waals surface area contributed by atoms with E-state index >= 15 is 0 Å². The Kier molecular flexibility index (Phi) is 5.82. The Balaban J connectivity index is 1.56. The number of nitrogens with zero attached hydrogens (tertiary/aromatic N) is 1. The Bertz CT molecular complexity index is 813. The number of benzene rings is 2. The molecule has 1 saturated heterocycles. The van der Waals surface area contributed by atoms with Gasteiger partial charge in [0.1, 0.15) is 5.75 Å². The number of alkyl halides is 3. The number of likely N-dealkylation sites (tertiary alicyclic amines) is 1. The Morgan fingerprint density at radius 2 is 1.79 bits per heavy atom. The number of urea groups is 1. The van der Waals surface area contributed by atoms with Crippen molar-refractivity contribution in [2.75, 3.05) is 13.1 Å². The Morgan fingerprint density at radius 1 is 1.14 bits per heavy atom. The fourth-order valence-electron chi connectivity index (χ4n) is 3.51. The summed E-state index contributed by atoms with van der Waals surface area (Å²) in [5, 5.41) is 12.2. The summed E-state index contributed by atoms with van der Waals surface area (Å²) in [4.78, 5) is 14.2. The molecule has 2 N–H and O–H groups in total. The van der Waals surface area contributed by atoms with Gasteiger partial charge in [-0.15, -0.1) is 0 Å². The van der Waals surface area contributed by atoms with Gasteiger partial charge in [0, 0.05) is 13.1 Å². The molecule has 3 rings (SSSR count). The third-order valence-electron chi connectivity index (χ3n) is 5.20. The number of rotatable bonds is 3. The summed E-state index contributed by atoms with van der Waals surface area (Å²) in [6.07, 6.45) is -2.80. The molecule has 150 valence electrons. The Hall–Kier alpha value is -2.70. The molecule has 0 spiro atoms. The van der Waals surface area contributed by atoms with Gasteiger partial charge in [0.15, 0.2) is 0 Å². The van der Waals surface area contributed by atoms with Crippen molar-refractivity contribution >= 4 is 6.03 Å². The molecule has 28 heavy (non-hydrogen) atoms. The number of halogens is 3. The highest BCUT2D eigenvalue weighted by atomic mass is 19.4. The number of piperidine rings is 1. The minimum absolute atomic E-state index is 0.226. The lowest BCUT2D eigenvalue weighted by molar-refractivity contribution is -0.137. The van der Waals surface area contributed by atoms with Crippen LogP contribution in [0.15, 0.2) is 48.5 Å². The number of phenolic OH excluding ortho intramolecular Hbond substituents is 1. The molecule has 1 heterocycles. The third-order valence-corrected chi connectivity index (χ3v) is 5.20. The zero-order chi connectivity index (χ0) is 20.3. The summed E-state index contributed by atoms with van der Waals surface area (Å²) >= 11 is 0. The van der Waals surface area contributed by atoms with Crippen molar-refractivity contribution in [1.82, 2.24) is 10.2 Å². The second kappa shape index (κ2) is 8.12. The van der Waals surface area contributed by atoms with Crippen LogP contribution in [0.3, 0.4) is 0 Å². The maximum atomic E-state index is 12.9. The predicted octanol–water partition coefficient (Wildman–Crippen LogP) is 5.06. The molecule has 2 aromatic carbocycles. The van der Waals surface area contributed by atoms with Crippen molar-refractivity contribution in [3.05, 3.63) is 65.2 Å². The molecular weight excluding hydrogens is 369 g/mol. The van der Waals surface area contributed by atoms with Crippen molar-refractivity contribution in [1.29, 1.82) is 0 Å². The third kappa shape index (κ3) is 4.77. The van der Waals surface area contributed by atoms with Gasteiger partial charge >= 0.3 is 12.2 Å². The predicted molar refractivity (Wildman–Crippen MR) is 100 cm³/mol. The van der Waals surface area contributed by atoms with E-state index in [4.69, 9.17) is 0 Å². The van der Waals surface area contributed by atoms with Gasteiger partial charge in [0.25, 0.3) is 0 Å². The van der Waals surface area contributed by atoms with Crippen LogP contribution in [-0.4, -0.2) is 29.1 Å². The molecule has 0 radical (unpaired) electrons. The first kappa shape index (κ1) is 20.0. The lowest BCUT2D eigenvalue weighted by Crippen LogP contribution is -2.44. The first-order chi connectivity index (χ1) is 13.2. The van der Waals surface area contributed by atoms with Crippen molar-refractivity contribution in [2.24, 2.45) is 0 Å². The summed E-state index contributed by atoms with van der Waals surface area (Å²) in [5.41, 5.74) is 0.832. The van der Waals surface area contributed by atoms with Crippen LogP contribution in [0, 0.1) is 0 Å². The van der Waals surface area contributed by atoms with Gasteiger partial charge in [-0.2, -0.15) is 13.2 Å². The number of amides is 2. The van der Waals surface area contributed by atoms with Crippen molar-refractivity contribution in [3.8, 4) is 5.75 Å². The lowest BCUT2D eigenvalue weighted by atomic mass is 9.89. The van der Waals surface area contributed by atoms with E-state index in [1.54, 1.807) is 30.0 Å². The normalized spacial score (nSPS) is 16.6. The molecule has 0 aliphatic carbocycles. The van der Waals surface area contributed by atoms with E-state index in [0.29, 0.717) is 24.6 Å². The Morgan fingerprint density at radius 3 is 2.39 bits per heavy atom. The van der Waals surface area contributed by atoms with Crippen LogP contribution in [-0.2, 0) is 6.18 Å². The first-order valence-corrected chi connectivity index (χ1v) is 9.25. The number of phenols is 1. The number of carbonyl (C=O) groups excluding carboxylic acids is 1. The average Bonchev–Trinajstić information content (AvgIpc) is 2.68. The molecule has 1 aliphatic heterocycles. The molecule has 2 aromatic rings. The summed E-state index contributed by atoms with van der Waals surface area (Å²) in [6.45, 7) is 2.83. The standard InChI is InChI=1S/C21H23F3N2O2/c1-14(17-3-2-4-18(13-17)21(22,23)24)25-20(28)26-11-9-16(10-12-26)15-5-7-19(27)8-6-15/h2-8,13-14,16,27H,9-12H2,1H3,(H,25,28)/t14-/m0/s1. The summed E-state index contributed by atoms with van der Waals surface area (Å²) < 4.78 is 38.6. The van der Waals surface area contributed by atoms with Crippen molar-refractivity contribution in [3.63, 3.8) is 0 Å². The average molecular weight is 392 g/mol. The van der Waals surface area contributed by atoms with Gasteiger partial charge in [-0.1, -0.05) is 24.3 Å². The monoisotopic (exact) mass is 392 g/mol. The minimum atomic E-state index is -4.41. The summed E-state index contributed by atoms with van der Waals surface area (Å²) in [6, 6.07) is 11.3. The van der Waals surface area contributed by atoms with E-state index in [1.165, 1.54) is 6.07 Å². The van der Waals surface area contributed by atoms with Crippen LogP contribution < -0.4 is 5.32 Å². The highest BCUT2D eigenvalue weighted by Crippen LogP contribution is 2.31. The molecule has 4 nitrogen and oxygen atoms in total. The van der Waals surface area contributed by atoms with Crippen molar-refractivity contribution in [2.45, 2.75) is 37.9 Å².